The van der Waals surface area contributed by atoms with Gasteiger partial charge in [0.25, 0.3) is 11.4 Å². The fourth-order valence-corrected chi connectivity index (χ4v) is 3.29. The van der Waals surface area contributed by atoms with Crippen LogP contribution in [0.2, 0.25) is 0 Å². The Balaban J connectivity index is 0.000000402. The van der Waals surface area contributed by atoms with Gasteiger partial charge in [0, 0.05) is 74.0 Å². The summed E-state index contributed by atoms with van der Waals surface area (Å²) in [4.78, 5) is 45.6. The molecule has 2 N–H and O–H groups in total. The third-order valence-corrected chi connectivity index (χ3v) is 6.23. The van der Waals surface area contributed by atoms with Crippen LogP contribution in [0.1, 0.15) is 13.8 Å². The molecule has 0 spiro atoms. The van der Waals surface area contributed by atoms with Crippen LogP contribution >= 0.6 is 0 Å². The van der Waals surface area contributed by atoms with Gasteiger partial charge in [0.1, 0.15) is 25.4 Å². The Hall–Kier alpha value is -4.90. The third-order valence-electron chi connectivity index (χ3n) is 6.23. The molecule has 2 unspecified atom stereocenters. The van der Waals surface area contributed by atoms with Gasteiger partial charge in [0.15, 0.2) is 0 Å². The maximum absolute atomic E-state index is 11.2. The number of nitrogens with zero attached hydrogens (tertiary/aromatic N) is 4. The van der Waals surface area contributed by atoms with E-state index in [4.69, 9.17) is 24.1 Å². The lowest BCUT2D eigenvalue weighted by Crippen LogP contribution is -2.27. The van der Waals surface area contributed by atoms with Crippen molar-refractivity contribution < 1.29 is 48.6 Å². The molecule has 48 heavy (non-hydrogen) atoms. The first-order valence-electron chi connectivity index (χ1n) is 14.7. The van der Waals surface area contributed by atoms with Crippen molar-refractivity contribution >= 4 is 34.7 Å². The number of non-ortho nitro benzene ring substituents is 2. The molecule has 1 heterocycles. The molecule has 1 saturated heterocycles. The number of hydrogen-bond donors (Lipinski definition) is 2. The number of ether oxygens (including phenoxy) is 4. The van der Waals surface area contributed by atoms with Gasteiger partial charge in [-0.2, -0.15) is 0 Å². The molecule has 0 amide bonds. The highest BCUT2D eigenvalue weighted by atomic mass is 16.6. The number of anilines is 2. The summed E-state index contributed by atoms with van der Waals surface area (Å²) in [5, 5.41) is 39.3. The minimum Gasteiger partial charge on any atom is -0.460 e. The van der Waals surface area contributed by atoms with Gasteiger partial charge in [0.05, 0.1) is 36.3 Å². The number of nitro groups is 2. The van der Waals surface area contributed by atoms with Gasteiger partial charge in [0.2, 0.25) is 0 Å². The molecular weight excluding hydrogens is 632 g/mol. The van der Waals surface area contributed by atoms with Crippen LogP contribution in [0, 0.1) is 20.2 Å². The quantitative estimate of drug-likeness (QED) is 0.0617. The minimum atomic E-state index is -0.905. The summed E-state index contributed by atoms with van der Waals surface area (Å²) in [6, 6.07) is 12.4. The predicted molar refractivity (Wildman–Crippen MR) is 178 cm³/mol. The molecule has 1 aliphatic heterocycles. The maximum Gasteiger partial charge on any atom is 0.333 e. The SMILES string of the molecule is C=C(C)C(=O)OCC(O)COCCN(C)c1ccc([N+](=O)[O-])cc1.C=C(C)C(=O)OCC1CO1.CN(CCO)c1ccc([N+](=O)[O-])cc1. The summed E-state index contributed by atoms with van der Waals surface area (Å²) >= 11 is 0. The van der Waals surface area contributed by atoms with Crippen molar-refractivity contribution in [3.8, 4) is 0 Å². The number of epoxide rings is 1. The van der Waals surface area contributed by atoms with Gasteiger partial charge in [-0.1, -0.05) is 13.2 Å². The average molecular weight is 677 g/mol. The number of nitro benzene ring substituents is 2. The molecule has 264 valence electrons. The fraction of sp³-hybridized carbons (Fsp3) is 0.438. The summed E-state index contributed by atoms with van der Waals surface area (Å²) in [5.74, 6) is -0.887. The van der Waals surface area contributed by atoms with E-state index in [0.29, 0.717) is 38.5 Å². The molecular formula is C32H44N4O12. The number of esters is 2. The number of carbonyl (C=O) groups is 2. The smallest absolute Gasteiger partial charge is 0.333 e. The van der Waals surface area contributed by atoms with Crippen LogP contribution in [0.3, 0.4) is 0 Å². The molecule has 16 heteroatoms. The zero-order chi connectivity index (χ0) is 36.2. The van der Waals surface area contributed by atoms with Crippen molar-refractivity contribution in [1.29, 1.82) is 0 Å². The van der Waals surface area contributed by atoms with E-state index in [1.807, 2.05) is 23.9 Å². The molecule has 2 atom stereocenters. The lowest BCUT2D eigenvalue weighted by atomic mass is 10.2. The second-order valence-corrected chi connectivity index (χ2v) is 10.6. The van der Waals surface area contributed by atoms with Gasteiger partial charge in [-0.15, -0.1) is 0 Å². The van der Waals surface area contributed by atoms with E-state index in [9.17, 15) is 34.9 Å². The number of rotatable bonds is 17. The first kappa shape index (κ1) is 41.1. The number of carbonyl (C=O) groups excluding carboxylic acids is 2. The second-order valence-electron chi connectivity index (χ2n) is 10.6. The molecule has 2 aromatic rings. The van der Waals surface area contributed by atoms with E-state index in [2.05, 4.69) is 13.2 Å². The summed E-state index contributed by atoms with van der Waals surface area (Å²) in [7, 11) is 3.65. The van der Waals surface area contributed by atoms with Gasteiger partial charge in [-0.25, -0.2) is 9.59 Å². The molecule has 2 aromatic carbocycles. The molecule has 3 rings (SSSR count). The highest BCUT2D eigenvalue weighted by Crippen LogP contribution is 2.19. The number of benzene rings is 2. The topological polar surface area (TPSA) is 208 Å². The Labute approximate surface area is 279 Å². The Bertz CT molecular complexity index is 1350. The van der Waals surface area contributed by atoms with Gasteiger partial charge < -0.3 is 39.0 Å². The highest BCUT2D eigenvalue weighted by Gasteiger charge is 2.24. The van der Waals surface area contributed by atoms with Gasteiger partial charge >= 0.3 is 11.9 Å². The van der Waals surface area contributed by atoms with Crippen LogP contribution in [0.15, 0.2) is 72.8 Å². The number of likely N-dealkylation sites (N-methyl/N-ethyl adjacent to an activating group) is 2. The number of aliphatic hydroxyl groups excluding tert-OH is 2. The third kappa shape index (κ3) is 17.1. The maximum atomic E-state index is 11.2. The molecule has 0 radical (unpaired) electrons. The van der Waals surface area contributed by atoms with Crippen molar-refractivity contribution in [2.24, 2.45) is 0 Å². The Morgan fingerprint density at radius 1 is 0.875 bits per heavy atom. The van der Waals surface area contributed by atoms with E-state index in [0.717, 1.165) is 11.4 Å². The van der Waals surface area contributed by atoms with E-state index in [-0.39, 0.29) is 48.8 Å². The molecule has 0 aliphatic carbocycles. The van der Waals surface area contributed by atoms with Crippen LogP contribution in [-0.2, 0) is 28.5 Å². The lowest BCUT2D eigenvalue weighted by Gasteiger charge is -2.19. The Morgan fingerprint density at radius 3 is 1.71 bits per heavy atom. The van der Waals surface area contributed by atoms with Gasteiger partial charge in [-0.3, -0.25) is 20.2 Å². The van der Waals surface area contributed by atoms with Crippen LogP contribution in [0.4, 0.5) is 22.7 Å². The summed E-state index contributed by atoms with van der Waals surface area (Å²) < 4.78 is 19.7. The Morgan fingerprint density at radius 2 is 1.31 bits per heavy atom. The average Bonchev–Trinajstić information content (AvgIpc) is 3.89. The first-order valence-corrected chi connectivity index (χ1v) is 14.7. The molecule has 0 bridgehead atoms. The summed E-state index contributed by atoms with van der Waals surface area (Å²) in [6.45, 7) is 12.5. The molecule has 0 aromatic heterocycles. The lowest BCUT2D eigenvalue weighted by molar-refractivity contribution is -0.385. The minimum absolute atomic E-state index is 0.0378. The van der Waals surface area contributed by atoms with Crippen LogP contribution in [-0.4, -0.2) is 111 Å². The highest BCUT2D eigenvalue weighted by molar-refractivity contribution is 5.87. The zero-order valence-corrected chi connectivity index (χ0v) is 27.6. The molecule has 1 aliphatic rings. The molecule has 0 saturated carbocycles. The number of hydrogen-bond acceptors (Lipinski definition) is 14. The summed E-state index contributed by atoms with van der Waals surface area (Å²) in [5.41, 5.74) is 2.49. The van der Waals surface area contributed by atoms with Crippen molar-refractivity contribution in [2.45, 2.75) is 26.1 Å². The molecule has 16 nitrogen and oxygen atoms in total. The predicted octanol–water partition coefficient (Wildman–Crippen LogP) is 3.06. The second kappa shape index (κ2) is 21.8. The van der Waals surface area contributed by atoms with Crippen molar-refractivity contribution in [3.05, 3.63) is 93.1 Å². The monoisotopic (exact) mass is 676 g/mol. The van der Waals surface area contributed by atoms with Crippen molar-refractivity contribution in [3.63, 3.8) is 0 Å². The first-order chi connectivity index (χ1) is 22.7. The Kier molecular flexibility index (Phi) is 18.7. The number of aliphatic hydroxyl groups is 2. The fourth-order valence-electron chi connectivity index (χ4n) is 3.29. The van der Waals surface area contributed by atoms with E-state index in [1.165, 1.54) is 31.2 Å². The van der Waals surface area contributed by atoms with E-state index < -0.39 is 21.9 Å². The van der Waals surface area contributed by atoms with E-state index >= 15 is 0 Å². The largest absolute Gasteiger partial charge is 0.460 e. The van der Waals surface area contributed by atoms with Gasteiger partial charge in [-0.05, 0) is 38.1 Å². The van der Waals surface area contributed by atoms with Crippen LogP contribution in [0.25, 0.3) is 0 Å². The van der Waals surface area contributed by atoms with Crippen LogP contribution in [0.5, 0.6) is 0 Å². The van der Waals surface area contributed by atoms with Crippen LogP contribution < -0.4 is 9.80 Å². The summed E-state index contributed by atoms with van der Waals surface area (Å²) in [6.07, 6.45) is -0.763. The molecule has 1 fully saturated rings. The van der Waals surface area contributed by atoms with Crippen molar-refractivity contribution in [2.75, 3.05) is 76.6 Å². The standard InChI is InChI=1S/C16H22N2O6.C9H12N2O3.C7H10O3/c1-12(2)16(20)24-11-15(19)10-23-9-8-17(3)13-4-6-14(7-5-13)18(21)22;1-10(6-7-12)8-2-4-9(5-3-8)11(13)14;1-5(2)7(8)10-4-6-3-9-6/h4-7,15,19H,1,8-11H2,2-3H3;2-5,12H,6-7H2,1H3;6H,1,3-4H2,2H3. The van der Waals surface area contributed by atoms with E-state index in [1.54, 1.807) is 31.2 Å². The van der Waals surface area contributed by atoms with Crippen molar-refractivity contribution in [1.82, 2.24) is 0 Å². The normalized spacial score (nSPS) is 13.2. The zero-order valence-electron chi connectivity index (χ0n) is 27.6.